The van der Waals surface area contributed by atoms with Crippen LogP contribution in [0.4, 0.5) is 2.87 Å². The van der Waals surface area contributed by atoms with Crippen molar-refractivity contribution in [3.05, 3.63) is 91.0 Å². The van der Waals surface area contributed by atoms with Gasteiger partial charge in [0, 0.05) is 0 Å². The Morgan fingerprint density at radius 3 is 0.906 bits per heavy atom. The monoisotopic (exact) mass is 586 g/mol. The molecule has 0 saturated carbocycles. The van der Waals surface area contributed by atoms with Crippen LogP contribution in [0.1, 0.15) is 0 Å². The Labute approximate surface area is 203 Å². The Balaban J connectivity index is 2.52. The molecule has 32 heavy (non-hydrogen) atoms. The first-order valence-electron chi connectivity index (χ1n) is 11.7. The summed E-state index contributed by atoms with van der Waals surface area (Å²) in [6.07, 6.45) is 0. The fraction of sp³-hybridized carbons (Fsp3) is 0.333. The molecular formula is C27H39FSi3Sn. The first-order chi connectivity index (χ1) is 14.8. The molecule has 0 nitrogen and oxygen atoms in total. The average molecular weight is 586 g/mol. The van der Waals surface area contributed by atoms with Gasteiger partial charge in [-0.3, -0.25) is 0 Å². The van der Waals surface area contributed by atoms with E-state index in [4.69, 9.17) is 0 Å². The van der Waals surface area contributed by atoms with Gasteiger partial charge in [-0.1, -0.05) is 0 Å². The molecule has 0 aliphatic carbocycles. The molecular weight excluding hydrogens is 546 g/mol. The molecule has 0 unspecified atom stereocenters. The SMILES string of the molecule is C[Si](C)(c1ccccc1)[C]([Si](C)(C)c1ccccc1)([Si](C)(C)c1ccccc1)[Sn]([CH3])([CH3])[F]. The van der Waals surface area contributed by atoms with Gasteiger partial charge in [-0.2, -0.15) is 0 Å². The van der Waals surface area contributed by atoms with Gasteiger partial charge in [-0.25, -0.2) is 0 Å². The predicted octanol–water partition coefficient (Wildman–Crippen LogP) is 6.37. The molecule has 0 aliphatic rings. The summed E-state index contributed by atoms with van der Waals surface area (Å²) in [4.78, 5) is 4.20. The van der Waals surface area contributed by atoms with E-state index in [1.165, 1.54) is 15.6 Å². The van der Waals surface area contributed by atoms with Crippen LogP contribution in [0.3, 0.4) is 0 Å². The van der Waals surface area contributed by atoms with Crippen LogP contribution in [0.2, 0.25) is 51.5 Å². The van der Waals surface area contributed by atoms with Crippen molar-refractivity contribution >= 4 is 58.7 Å². The van der Waals surface area contributed by atoms with Gasteiger partial charge < -0.3 is 0 Å². The minimum absolute atomic E-state index is 0.203. The van der Waals surface area contributed by atoms with Gasteiger partial charge in [-0.05, 0) is 0 Å². The second-order valence-corrected chi connectivity index (χ2v) is 41.3. The van der Waals surface area contributed by atoms with Crippen LogP contribution < -0.4 is 15.6 Å². The number of rotatable bonds is 7. The number of hydrogen-bond acceptors (Lipinski definition) is 0. The first kappa shape index (κ1) is 25.7. The van der Waals surface area contributed by atoms with Crippen molar-refractivity contribution in [2.75, 3.05) is 0 Å². The van der Waals surface area contributed by atoms with Crippen molar-refractivity contribution in [3.8, 4) is 0 Å². The van der Waals surface area contributed by atoms with Crippen molar-refractivity contribution in [2.24, 2.45) is 0 Å². The number of hydrogen-bond donors (Lipinski definition) is 0. The van der Waals surface area contributed by atoms with Gasteiger partial charge in [0.2, 0.25) is 0 Å². The molecule has 0 N–H and O–H groups in total. The summed E-state index contributed by atoms with van der Waals surface area (Å²) in [6.45, 7) is 15.0. The standard InChI is InChI=1S/C25H33Si3.2CH3.FH.Sn/c1-26(2,22-16-10-7-11-17-22)25(27(3,4)23-18-12-8-13-19-23)28(5,6)24-20-14-9-15-21-24;;;;/h7-21H,1-6H3;2*1H3;1H;/q;;;;+1/p-1. The van der Waals surface area contributed by atoms with Crippen LogP contribution in [-0.2, 0) is 0 Å². The summed E-state index contributed by atoms with van der Waals surface area (Å²) in [5.41, 5.74) is 0. The van der Waals surface area contributed by atoms with E-state index in [1.807, 2.05) is 0 Å². The normalized spacial score (nSPS) is 13.8. The summed E-state index contributed by atoms with van der Waals surface area (Å²) >= 11 is -4.16. The van der Waals surface area contributed by atoms with E-state index < -0.39 is 43.2 Å². The first-order valence-corrected chi connectivity index (χ1v) is 28.9. The number of benzene rings is 3. The molecule has 0 saturated heterocycles. The van der Waals surface area contributed by atoms with Crippen LogP contribution in [0.25, 0.3) is 0 Å². The Morgan fingerprint density at radius 1 is 0.500 bits per heavy atom. The second kappa shape index (κ2) is 9.00. The van der Waals surface area contributed by atoms with Crippen LogP contribution >= 0.6 is 0 Å². The maximum absolute atomic E-state index is 17.6. The molecule has 0 bridgehead atoms. The molecule has 0 radical (unpaired) electrons. The summed E-state index contributed by atoms with van der Waals surface area (Å²) in [7, 11) is -6.87. The van der Waals surface area contributed by atoms with Crippen LogP contribution in [0.5, 0.6) is 0 Å². The summed E-state index contributed by atoms with van der Waals surface area (Å²) in [5.74, 6) is 0. The minimum atomic E-state index is -4.16. The zero-order valence-electron chi connectivity index (χ0n) is 21.0. The molecule has 3 rings (SSSR count). The summed E-state index contributed by atoms with van der Waals surface area (Å²) < 4.78 is 17.4. The molecule has 0 atom stereocenters. The molecule has 0 aromatic heterocycles. The Kier molecular flexibility index (Phi) is 7.22. The molecule has 0 amide bonds. The van der Waals surface area contributed by atoms with E-state index >= 15 is 2.87 Å². The Morgan fingerprint density at radius 2 is 0.719 bits per heavy atom. The van der Waals surface area contributed by atoms with Crippen LogP contribution in [-0.4, -0.2) is 43.2 Å². The second-order valence-electron chi connectivity index (χ2n) is 11.2. The quantitative estimate of drug-likeness (QED) is 0.283. The third kappa shape index (κ3) is 3.85. The zero-order valence-corrected chi connectivity index (χ0v) is 26.9. The Bertz CT molecular complexity index is 902. The summed E-state index contributed by atoms with van der Waals surface area (Å²) in [5, 5.41) is 4.24. The van der Waals surface area contributed by atoms with Crippen molar-refractivity contribution in [3.63, 3.8) is 0 Å². The molecule has 0 spiro atoms. The van der Waals surface area contributed by atoms with Crippen molar-refractivity contribution in [1.82, 2.24) is 0 Å². The Hall–Kier alpha value is -0.961. The molecule has 0 aliphatic heterocycles. The van der Waals surface area contributed by atoms with Crippen LogP contribution in [0.15, 0.2) is 91.0 Å². The molecule has 0 heterocycles. The zero-order chi connectivity index (χ0) is 23.8. The molecule has 170 valence electrons. The molecule has 0 fully saturated rings. The van der Waals surface area contributed by atoms with Crippen LogP contribution in [0, 0.1) is 0 Å². The van der Waals surface area contributed by atoms with E-state index in [1.54, 1.807) is 0 Å². The van der Waals surface area contributed by atoms with Crippen molar-refractivity contribution in [2.45, 2.75) is 51.5 Å². The van der Waals surface area contributed by atoms with E-state index in [-0.39, 0.29) is 2.30 Å². The molecule has 5 heteroatoms. The van der Waals surface area contributed by atoms with Gasteiger partial charge in [0.05, 0.1) is 0 Å². The van der Waals surface area contributed by atoms with E-state index in [0.29, 0.717) is 0 Å². The fourth-order valence-electron chi connectivity index (χ4n) is 7.79. The number of halogens is 1. The summed E-state index contributed by atoms with van der Waals surface area (Å²) in [6, 6.07) is 33.0. The third-order valence-electron chi connectivity index (χ3n) is 8.19. The fourth-order valence-corrected chi connectivity index (χ4v) is 79.9. The van der Waals surface area contributed by atoms with E-state index in [9.17, 15) is 0 Å². The third-order valence-corrected chi connectivity index (χ3v) is 63.5. The van der Waals surface area contributed by atoms with E-state index in [2.05, 4.69) is 140 Å². The van der Waals surface area contributed by atoms with Gasteiger partial charge in [0.25, 0.3) is 0 Å². The van der Waals surface area contributed by atoms with Gasteiger partial charge in [0.15, 0.2) is 0 Å². The molecule has 3 aromatic carbocycles. The van der Waals surface area contributed by atoms with Gasteiger partial charge in [-0.15, -0.1) is 0 Å². The van der Waals surface area contributed by atoms with E-state index in [0.717, 1.165) is 0 Å². The van der Waals surface area contributed by atoms with Gasteiger partial charge in [0.1, 0.15) is 0 Å². The van der Waals surface area contributed by atoms with Crippen molar-refractivity contribution in [1.29, 1.82) is 0 Å². The molecule has 3 aromatic rings. The topological polar surface area (TPSA) is 0 Å². The predicted molar refractivity (Wildman–Crippen MR) is 152 cm³/mol. The van der Waals surface area contributed by atoms with Gasteiger partial charge >= 0.3 is 204 Å². The maximum atomic E-state index is 17.6. The average Bonchev–Trinajstić information content (AvgIpc) is 2.74. The van der Waals surface area contributed by atoms with Crippen molar-refractivity contribution < 1.29 is 2.87 Å².